The van der Waals surface area contributed by atoms with Gasteiger partial charge in [-0.05, 0) is 30.5 Å². The van der Waals surface area contributed by atoms with Crippen molar-refractivity contribution in [2.24, 2.45) is 0 Å². The van der Waals surface area contributed by atoms with Crippen LogP contribution in [0.3, 0.4) is 0 Å². The summed E-state index contributed by atoms with van der Waals surface area (Å²) in [7, 11) is 1.61. The van der Waals surface area contributed by atoms with Crippen molar-refractivity contribution in [1.29, 1.82) is 0 Å². The summed E-state index contributed by atoms with van der Waals surface area (Å²) in [5, 5.41) is 16.0. The highest BCUT2D eigenvalue weighted by Crippen LogP contribution is 2.37. The number of hydrogen-bond acceptors (Lipinski definition) is 7. The summed E-state index contributed by atoms with van der Waals surface area (Å²) in [6, 6.07) is 8.34. The SMILES string of the molecule is COc1cc(Nc2ccc(-c3cnc4cc(F)ccn34)c3c2C(=O)NC3)ncc1N1CCC(O)CC1. The number of piperidine rings is 1. The van der Waals surface area contributed by atoms with Gasteiger partial charge in [-0.25, -0.2) is 14.4 Å². The first-order valence-corrected chi connectivity index (χ1v) is 11.8. The highest BCUT2D eigenvalue weighted by molar-refractivity contribution is 6.06. The van der Waals surface area contributed by atoms with Gasteiger partial charge in [-0.2, -0.15) is 0 Å². The lowest BCUT2D eigenvalue weighted by Gasteiger charge is -2.32. The fourth-order valence-corrected chi connectivity index (χ4v) is 4.99. The van der Waals surface area contributed by atoms with Crippen molar-refractivity contribution in [1.82, 2.24) is 19.7 Å². The van der Waals surface area contributed by atoms with Gasteiger partial charge in [-0.3, -0.25) is 9.20 Å². The molecule has 0 aliphatic carbocycles. The summed E-state index contributed by atoms with van der Waals surface area (Å²) in [6.07, 6.45) is 6.22. The molecule has 0 radical (unpaired) electrons. The van der Waals surface area contributed by atoms with Crippen molar-refractivity contribution in [3.63, 3.8) is 0 Å². The lowest BCUT2D eigenvalue weighted by molar-refractivity contribution is 0.0966. The van der Waals surface area contributed by atoms with Crippen molar-refractivity contribution >= 4 is 28.7 Å². The lowest BCUT2D eigenvalue weighted by Crippen LogP contribution is -2.36. The smallest absolute Gasteiger partial charge is 0.254 e. The predicted octanol–water partition coefficient (Wildman–Crippen LogP) is 3.49. The number of benzene rings is 1. The molecular weight excluding hydrogens is 463 g/mol. The number of nitrogens with zero attached hydrogens (tertiary/aromatic N) is 4. The van der Waals surface area contributed by atoms with Gasteiger partial charge in [-0.15, -0.1) is 0 Å². The maximum absolute atomic E-state index is 13.6. The number of methoxy groups -OCH3 is 1. The average Bonchev–Trinajstić information content (AvgIpc) is 3.48. The first-order valence-electron chi connectivity index (χ1n) is 11.8. The minimum atomic E-state index is -0.354. The fraction of sp³-hybridized carbons (Fsp3) is 0.269. The van der Waals surface area contributed by atoms with E-state index in [-0.39, 0.29) is 17.8 Å². The molecule has 10 heteroatoms. The molecule has 0 spiro atoms. The maximum Gasteiger partial charge on any atom is 0.254 e. The van der Waals surface area contributed by atoms with Crippen LogP contribution in [0, 0.1) is 5.82 Å². The topological polar surface area (TPSA) is 104 Å². The number of hydrogen-bond donors (Lipinski definition) is 3. The highest BCUT2D eigenvalue weighted by Gasteiger charge is 2.28. The van der Waals surface area contributed by atoms with E-state index < -0.39 is 0 Å². The third-order valence-electron chi connectivity index (χ3n) is 6.85. The fourth-order valence-electron chi connectivity index (χ4n) is 4.99. The number of anilines is 3. The number of aliphatic hydroxyl groups is 1. The molecule has 0 saturated carbocycles. The van der Waals surface area contributed by atoms with Crippen LogP contribution < -0.4 is 20.3 Å². The average molecular weight is 489 g/mol. The van der Waals surface area contributed by atoms with Crippen LogP contribution in [-0.4, -0.2) is 51.7 Å². The van der Waals surface area contributed by atoms with E-state index in [1.807, 2.05) is 18.2 Å². The van der Waals surface area contributed by atoms with Gasteiger partial charge in [0.1, 0.15) is 23.0 Å². The molecule has 184 valence electrons. The minimum absolute atomic E-state index is 0.176. The van der Waals surface area contributed by atoms with E-state index in [0.717, 1.165) is 35.6 Å². The molecule has 2 aliphatic heterocycles. The predicted molar refractivity (Wildman–Crippen MR) is 133 cm³/mol. The van der Waals surface area contributed by atoms with Crippen LogP contribution in [0.4, 0.5) is 21.6 Å². The van der Waals surface area contributed by atoms with Gasteiger partial charge in [0.15, 0.2) is 0 Å². The third kappa shape index (κ3) is 3.79. The van der Waals surface area contributed by atoms with Gasteiger partial charge in [0, 0.05) is 43.5 Å². The zero-order valence-electron chi connectivity index (χ0n) is 19.7. The number of carbonyl (C=O) groups is 1. The molecule has 1 saturated heterocycles. The number of carbonyl (C=O) groups excluding carboxylic acids is 1. The zero-order valence-corrected chi connectivity index (χ0v) is 19.7. The summed E-state index contributed by atoms with van der Waals surface area (Å²) in [4.78, 5) is 23.9. The van der Waals surface area contributed by atoms with Gasteiger partial charge >= 0.3 is 0 Å². The molecule has 36 heavy (non-hydrogen) atoms. The number of halogens is 1. The van der Waals surface area contributed by atoms with E-state index in [2.05, 4.69) is 25.5 Å². The number of aliphatic hydroxyl groups excluding tert-OH is 1. The van der Waals surface area contributed by atoms with E-state index in [1.165, 1.54) is 12.1 Å². The van der Waals surface area contributed by atoms with Gasteiger partial charge in [0.2, 0.25) is 0 Å². The minimum Gasteiger partial charge on any atom is -0.494 e. The number of ether oxygens (including phenoxy) is 1. The van der Waals surface area contributed by atoms with Crippen LogP contribution >= 0.6 is 0 Å². The molecule has 6 rings (SSSR count). The Labute approximate surface area is 206 Å². The van der Waals surface area contributed by atoms with Gasteiger partial charge in [-0.1, -0.05) is 6.07 Å². The Morgan fingerprint density at radius 2 is 2.00 bits per heavy atom. The third-order valence-corrected chi connectivity index (χ3v) is 6.85. The second kappa shape index (κ2) is 8.80. The lowest BCUT2D eigenvalue weighted by atomic mass is 9.99. The Kier molecular flexibility index (Phi) is 5.45. The Morgan fingerprint density at radius 1 is 1.17 bits per heavy atom. The number of pyridine rings is 2. The first-order chi connectivity index (χ1) is 17.5. The molecule has 3 N–H and O–H groups in total. The van der Waals surface area contributed by atoms with Gasteiger partial charge < -0.3 is 25.4 Å². The molecular formula is C26H25FN6O3. The normalized spacial score (nSPS) is 15.8. The standard InChI is InChI=1S/C26H25FN6O3/c1-36-22-11-23(28-14-21(22)32-7-5-16(34)6-8-32)31-19-3-2-17(18-12-30-26(35)25(18)19)20-13-29-24-10-15(27)4-9-33(20)24/h2-4,9-11,13-14,16,34H,5-8,12H2,1H3,(H,28,31)(H,30,35). The maximum atomic E-state index is 13.6. The zero-order chi connectivity index (χ0) is 24.8. The van der Waals surface area contributed by atoms with Crippen molar-refractivity contribution in [3.8, 4) is 17.0 Å². The Hall–Kier alpha value is -4.18. The molecule has 9 nitrogen and oxygen atoms in total. The monoisotopic (exact) mass is 488 g/mol. The van der Waals surface area contributed by atoms with Gasteiger partial charge in [0.05, 0.1) is 48.2 Å². The molecule has 0 unspecified atom stereocenters. The van der Waals surface area contributed by atoms with Crippen molar-refractivity contribution in [3.05, 3.63) is 65.9 Å². The molecule has 4 aromatic rings. The number of imidazole rings is 1. The van der Waals surface area contributed by atoms with Crippen molar-refractivity contribution in [2.75, 3.05) is 30.4 Å². The largest absolute Gasteiger partial charge is 0.494 e. The van der Waals surface area contributed by atoms with E-state index in [9.17, 15) is 14.3 Å². The van der Waals surface area contributed by atoms with Crippen LogP contribution in [-0.2, 0) is 6.54 Å². The van der Waals surface area contributed by atoms with E-state index >= 15 is 0 Å². The molecule has 1 aromatic carbocycles. The first kappa shape index (κ1) is 22.3. The summed E-state index contributed by atoms with van der Waals surface area (Å²) in [6.45, 7) is 1.85. The summed E-state index contributed by atoms with van der Waals surface area (Å²) >= 11 is 0. The second-order valence-electron chi connectivity index (χ2n) is 9.00. The number of nitrogens with one attached hydrogen (secondary N) is 2. The molecule has 1 amide bonds. The Balaban J connectivity index is 1.34. The second-order valence-corrected chi connectivity index (χ2v) is 9.00. The summed E-state index contributed by atoms with van der Waals surface area (Å²) < 4.78 is 21.1. The van der Waals surface area contributed by atoms with Crippen LogP contribution in [0.15, 0.2) is 48.9 Å². The highest BCUT2D eigenvalue weighted by atomic mass is 19.1. The number of amides is 1. The van der Waals surface area contributed by atoms with Gasteiger partial charge in [0.25, 0.3) is 5.91 Å². The van der Waals surface area contributed by atoms with Crippen LogP contribution in [0.25, 0.3) is 16.9 Å². The molecule has 5 heterocycles. The molecule has 3 aromatic heterocycles. The van der Waals surface area contributed by atoms with Crippen molar-refractivity contribution in [2.45, 2.75) is 25.5 Å². The summed E-state index contributed by atoms with van der Waals surface area (Å²) in [5.74, 6) is 0.685. The van der Waals surface area contributed by atoms with Crippen molar-refractivity contribution < 1.29 is 19.0 Å². The van der Waals surface area contributed by atoms with Crippen LogP contribution in [0.1, 0.15) is 28.8 Å². The summed E-state index contributed by atoms with van der Waals surface area (Å²) in [5.41, 5.74) is 5.01. The number of aromatic nitrogens is 3. The quantitative estimate of drug-likeness (QED) is 0.395. The van der Waals surface area contributed by atoms with E-state index in [1.54, 1.807) is 30.1 Å². The Morgan fingerprint density at radius 3 is 2.81 bits per heavy atom. The number of fused-ring (bicyclic) bond motifs is 2. The molecule has 2 aliphatic rings. The number of rotatable bonds is 5. The van der Waals surface area contributed by atoms with Crippen LogP contribution in [0.5, 0.6) is 5.75 Å². The van der Waals surface area contributed by atoms with E-state index in [0.29, 0.717) is 47.9 Å². The van der Waals surface area contributed by atoms with Crippen LogP contribution in [0.2, 0.25) is 0 Å². The molecule has 0 atom stereocenters. The van der Waals surface area contributed by atoms with E-state index in [4.69, 9.17) is 4.74 Å². The molecule has 0 bridgehead atoms. The molecule has 1 fully saturated rings. The Bertz CT molecular complexity index is 1480.